The lowest BCUT2D eigenvalue weighted by Crippen LogP contribution is -2.35. The number of likely N-dealkylation sites (tertiary alicyclic amines) is 1. The maximum absolute atomic E-state index is 12.7. The molecule has 1 heterocycles. The Labute approximate surface area is 163 Å². The number of para-hydroxylation sites is 1. The average molecular weight is 413 g/mol. The van der Waals surface area contributed by atoms with E-state index in [1.165, 1.54) is 12.1 Å². The SMILES string of the molecule is O=C(c1ccc(Cl)c(S(=O)(=O)Nc2ccccc2Cl)c1)N1CCCCC1. The van der Waals surface area contributed by atoms with Crippen LogP contribution in [-0.4, -0.2) is 32.3 Å². The first-order chi connectivity index (χ1) is 12.4. The Kier molecular flexibility index (Phi) is 5.75. The van der Waals surface area contributed by atoms with Gasteiger partial charge in [0.15, 0.2) is 0 Å². The second-order valence-corrected chi connectivity index (χ2v) is 8.55. The Balaban J connectivity index is 1.91. The van der Waals surface area contributed by atoms with Crippen LogP contribution in [0.15, 0.2) is 47.4 Å². The highest BCUT2D eigenvalue weighted by atomic mass is 35.5. The minimum atomic E-state index is -3.99. The second-order valence-electron chi connectivity index (χ2n) is 6.08. The summed E-state index contributed by atoms with van der Waals surface area (Å²) in [6.07, 6.45) is 3.02. The number of amides is 1. The van der Waals surface area contributed by atoms with Crippen LogP contribution in [0.5, 0.6) is 0 Å². The molecule has 0 aromatic heterocycles. The molecule has 8 heteroatoms. The number of hydrogen-bond donors (Lipinski definition) is 1. The van der Waals surface area contributed by atoms with Gasteiger partial charge >= 0.3 is 0 Å². The first-order valence-electron chi connectivity index (χ1n) is 8.25. The summed E-state index contributed by atoms with van der Waals surface area (Å²) in [7, 11) is -3.99. The molecule has 1 aliphatic rings. The summed E-state index contributed by atoms with van der Waals surface area (Å²) in [4.78, 5) is 14.2. The Hall–Kier alpha value is -1.76. The van der Waals surface area contributed by atoms with E-state index in [4.69, 9.17) is 23.2 Å². The van der Waals surface area contributed by atoms with Crippen LogP contribution in [0, 0.1) is 0 Å². The van der Waals surface area contributed by atoms with Crippen molar-refractivity contribution >= 4 is 44.8 Å². The van der Waals surface area contributed by atoms with E-state index in [-0.39, 0.29) is 26.5 Å². The zero-order valence-corrected chi connectivity index (χ0v) is 16.2. The van der Waals surface area contributed by atoms with Gasteiger partial charge in [0.05, 0.1) is 15.7 Å². The van der Waals surface area contributed by atoms with Crippen molar-refractivity contribution in [3.05, 3.63) is 58.1 Å². The zero-order valence-electron chi connectivity index (χ0n) is 13.9. The van der Waals surface area contributed by atoms with Crippen LogP contribution in [0.3, 0.4) is 0 Å². The predicted octanol–water partition coefficient (Wildman–Crippen LogP) is 4.42. The summed E-state index contributed by atoms with van der Waals surface area (Å²) in [6.45, 7) is 1.36. The van der Waals surface area contributed by atoms with Crippen molar-refractivity contribution in [2.24, 2.45) is 0 Å². The van der Waals surface area contributed by atoms with E-state index in [9.17, 15) is 13.2 Å². The number of hydrogen-bond acceptors (Lipinski definition) is 3. The number of piperidine rings is 1. The molecule has 5 nitrogen and oxygen atoms in total. The van der Waals surface area contributed by atoms with Crippen LogP contribution in [0.4, 0.5) is 5.69 Å². The van der Waals surface area contributed by atoms with Gasteiger partial charge in [-0.15, -0.1) is 0 Å². The number of carbonyl (C=O) groups excluding carboxylic acids is 1. The van der Waals surface area contributed by atoms with Crippen molar-refractivity contribution in [2.45, 2.75) is 24.2 Å². The Morgan fingerprint density at radius 1 is 0.962 bits per heavy atom. The maximum atomic E-state index is 12.7. The summed E-state index contributed by atoms with van der Waals surface area (Å²) in [5, 5.41) is 0.312. The molecule has 0 bridgehead atoms. The largest absolute Gasteiger partial charge is 0.339 e. The summed E-state index contributed by atoms with van der Waals surface area (Å²) in [6, 6.07) is 10.8. The molecule has 0 atom stereocenters. The van der Waals surface area contributed by atoms with Gasteiger partial charge in [0, 0.05) is 18.7 Å². The molecule has 3 rings (SSSR count). The lowest BCUT2D eigenvalue weighted by Gasteiger charge is -2.27. The third-order valence-corrected chi connectivity index (χ3v) is 6.41. The summed E-state index contributed by atoms with van der Waals surface area (Å²) in [5.74, 6) is -0.185. The first kappa shape index (κ1) is 19.0. The van der Waals surface area contributed by atoms with Gasteiger partial charge in [-0.25, -0.2) is 8.42 Å². The van der Waals surface area contributed by atoms with Gasteiger partial charge in [-0.3, -0.25) is 9.52 Å². The first-order valence-corrected chi connectivity index (χ1v) is 10.5. The average Bonchev–Trinajstić information content (AvgIpc) is 2.64. The van der Waals surface area contributed by atoms with Crippen LogP contribution in [-0.2, 0) is 10.0 Å². The molecule has 2 aromatic rings. The maximum Gasteiger partial charge on any atom is 0.263 e. The number of nitrogens with zero attached hydrogens (tertiary/aromatic N) is 1. The van der Waals surface area contributed by atoms with Gasteiger partial charge in [0.1, 0.15) is 4.90 Å². The normalized spacial score (nSPS) is 14.9. The van der Waals surface area contributed by atoms with Crippen molar-refractivity contribution in [3.63, 3.8) is 0 Å². The number of anilines is 1. The van der Waals surface area contributed by atoms with E-state index in [1.807, 2.05) is 0 Å². The molecule has 0 saturated carbocycles. The molecule has 1 saturated heterocycles. The molecule has 0 radical (unpaired) electrons. The van der Waals surface area contributed by atoms with Gasteiger partial charge in [-0.2, -0.15) is 0 Å². The predicted molar refractivity (Wildman–Crippen MR) is 103 cm³/mol. The fraction of sp³-hybridized carbons (Fsp3) is 0.278. The van der Waals surface area contributed by atoms with Crippen molar-refractivity contribution in [2.75, 3.05) is 17.8 Å². The topological polar surface area (TPSA) is 66.5 Å². The molecule has 1 amide bonds. The highest BCUT2D eigenvalue weighted by Crippen LogP contribution is 2.28. The minimum absolute atomic E-state index is 0.0414. The number of halogens is 2. The molecular formula is C18H18Cl2N2O3S. The Morgan fingerprint density at radius 3 is 2.35 bits per heavy atom. The summed E-state index contributed by atoms with van der Waals surface area (Å²) in [5.41, 5.74) is 0.550. The van der Waals surface area contributed by atoms with Crippen LogP contribution < -0.4 is 4.72 Å². The molecular weight excluding hydrogens is 395 g/mol. The number of sulfonamides is 1. The molecule has 1 aliphatic heterocycles. The molecule has 138 valence electrons. The highest BCUT2D eigenvalue weighted by Gasteiger charge is 2.24. The van der Waals surface area contributed by atoms with Crippen LogP contribution in [0.1, 0.15) is 29.6 Å². The highest BCUT2D eigenvalue weighted by molar-refractivity contribution is 7.92. The fourth-order valence-electron chi connectivity index (χ4n) is 2.87. The van der Waals surface area contributed by atoms with Crippen molar-refractivity contribution in [1.82, 2.24) is 4.90 Å². The third-order valence-electron chi connectivity index (χ3n) is 4.23. The molecule has 0 aliphatic carbocycles. The number of carbonyl (C=O) groups is 1. The second kappa shape index (κ2) is 7.86. The van der Waals surface area contributed by atoms with Crippen molar-refractivity contribution in [3.8, 4) is 0 Å². The van der Waals surface area contributed by atoms with Crippen LogP contribution >= 0.6 is 23.2 Å². The quantitative estimate of drug-likeness (QED) is 0.807. The number of rotatable bonds is 4. The zero-order chi connectivity index (χ0) is 18.7. The smallest absolute Gasteiger partial charge is 0.263 e. The third kappa shape index (κ3) is 4.14. The van der Waals surface area contributed by atoms with E-state index >= 15 is 0 Å². The lowest BCUT2D eigenvalue weighted by molar-refractivity contribution is 0.0724. The monoisotopic (exact) mass is 412 g/mol. The van der Waals surface area contributed by atoms with E-state index in [1.54, 1.807) is 35.2 Å². The molecule has 1 fully saturated rings. The van der Waals surface area contributed by atoms with Crippen molar-refractivity contribution in [1.29, 1.82) is 0 Å². The molecule has 26 heavy (non-hydrogen) atoms. The van der Waals surface area contributed by atoms with Crippen LogP contribution in [0.2, 0.25) is 10.0 Å². The van der Waals surface area contributed by atoms with E-state index in [0.29, 0.717) is 18.7 Å². The van der Waals surface area contributed by atoms with E-state index < -0.39 is 10.0 Å². The Morgan fingerprint density at radius 2 is 1.65 bits per heavy atom. The van der Waals surface area contributed by atoms with Crippen LogP contribution in [0.25, 0.3) is 0 Å². The standard InChI is InChI=1S/C18H18Cl2N2O3S/c19-14-6-2-3-7-16(14)21-26(24,25)17-12-13(8-9-15(17)20)18(23)22-10-4-1-5-11-22/h2-3,6-9,12,21H,1,4-5,10-11H2. The number of nitrogens with one attached hydrogen (secondary N) is 1. The lowest BCUT2D eigenvalue weighted by atomic mass is 10.1. The van der Waals surface area contributed by atoms with Gasteiger partial charge in [0.2, 0.25) is 0 Å². The molecule has 2 aromatic carbocycles. The number of benzene rings is 2. The molecule has 0 spiro atoms. The summed E-state index contributed by atoms with van der Waals surface area (Å²) >= 11 is 12.1. The van der Waals surface area contributed by atoms with Gasteiger partial charge < -0.3 is 4.90 Å². The molecule has 1 N–H and O–H groups in total. The van der Waals surface area contributed by atoms with Gasteiger partial charge in [-0.05, 0) is 49.6 Å². The minimum Gasteiger partial charge on any atom is -0.339 e. The molecule has 0 unspecified atom stereocenters. The van der Waals surface area contributed by atoms with Crippen molar-refractivity contribution < 1.29 is 13.2 Å². The fourth-order valence-corrected chi connectivity index (χ4v) is 4.71. The van der Waals surface area contributed by atoms with Gasteiger partial charge in [-0.1, -0.05) is 35.3 Å². The Bertz CT molecular complexity index is 926. The van der Waals surface area contributed by atoms with E-state index in [2.05, 4.69) is 4.72 Å². The van der Waals surface area contributed by atoms with Gasteiger partial charge in [0.25, 0.3) is 15.9 Å². The summed E-state index contributed by atoms with van der Waals surface area (Å²) < 4.78 is 27.9. The van der Waals surface area contributed by atoms with E-state index in [0.717, 1.165) is 19.3 Å².